The van der Waals surface area contributed by atoms with Crippen molar-refractivity contribution in [2.75, 3.05) is 23.9 Å². The molecule has 26 heavy (non-hydrogen) atoms. The van der Waals surface area contributed by atoms with Gasteiger partial charge >= 0.3 is 0 Å². The molecule has 0 atom stereocenters. The second-order valence-corrected chi connectivity index (χ2v) is 6.48. The first kappa shape index (κ1) is 19.4. The van der Waals surface area contributed by atoms with Crippen molar-refractivity contribution in [2.45, 2.75) is 11.9 Å². The number of pyridine rings is 1. The van der Waals surface area contributed by atoms with E-state index in [4.69, 9.17) is 27.3 Å². The van der Waals surface area contributed by atoms with Gasteiger partial charge in [0, 0.05) is 5.02 Å². The lowest BCUT2D eigenvalue weighted by Crippen LogP contribution is -2.15. The fourth-order valence-electron chi connectivity index (χ4n) is 2.17. The van der Waals surface area contributed by atoms with Crippen molar-refractivity contribution >= 4 is 40.8 Å². The zero-order valence-corrected chi connectivity index (χ0v) is 15.5. The van der Waals surface area contributed by atoms with Crippen molar-refractivity contribution in [3.63, 3.8) is 0 Å². The highest BCUT2D eigenvalue weighted by atomic mass is 35.5. The lowest BCUT2D eigenvalue weighted by Gasteiger charge is -2.11. The number of thioether (sulfide) groups is 1. The summed E-state index contributed by atoms with van der Waals surface area (Å²) in [6.45, 7) is 1.62. The molecule has 0 spiro atoms. The molecule has 0 fully saturated rings. The van der Waals surface area contributed by atoms with Gasteiger partial charge < -0.3 is 15.8 Å². The summed E-state index contributed by atoms with van der Waals surface area (Å²) in [5, 5.41) is 21.9. The number of carbonyl (C=O) groups is 1. The van der Waals surface area contributed by atoms with Crippen LogP contribution in [0.15, 0.2) is 23.2 Å². The van der Waals surface area contributed by atoms with E-state index in [2.05, 4.69) is 10.3 Å². The first-order valence-electron chi connectivity index (χ1n) is 7.27. The first-order chi connectivity index (χ1) is 12.4. The summed E-state index contributed by atoms with van der Waals surface area (Å²) in [4.78, 5) is 16.3. The number of nitrogens with one attached hydrogen (secondary N) is 1. The highest BCUT2D eigenvalue weighted by Crippen LogP contribution is 2.30. The number of ether oxygens (including phenoxy) is 1. The minimum atomic E-state index is -0.332. The van der Waals surface area contributed by atoms with Crippen molar-refractivity contribution in [1.29, 1.82) is 10.5 Å². The molecule has 7 nitrogen and oxygen atoms in total. The predicted molar refractivity (Wildman–Crippen MR) is 100 cm³/mol. The van der Waals surface area contributed by atoms with Gasteiger partial charge in [0.1, 0.15) is 28.7 Å². The van der Waals surface area contributed by atoms with Gasteiger partial charge in [0.2, 0.25) is 5.91 Å². The third-order valence-electron chi connectivity index (χ3n) is 3.44. The topological polar surface area (TPSA) is 125 Å². The summed E-state index contributed by atoms with van der Waals surface area (Å²) in [5.74, 6) is 0.162. The zero-order chi connectivity index (χ0) is 19.3. The van der Waals surface area contributed by atoms with Crippen LogP contribution in [0.5, 0.6) is 5.75 Å². The Hall–Kier alpha value is -2.94. The molecule has 9 heteroatoms. The Bertz CT molecular complexity index is 950. The van der Waals surface area contributed by atoms with E-state index in [0.29, 0.717) is 27.0 Å². The van der Waals surface area contributed by atoms with Gasteiger partial charge in [0.05, 0.1) is 29.7 Å². The minimum Gasteiger partial charge on any atom is -0.495 e. The lowest BCUT2D eigenvalue weighted by molar-refractivity contribution is -0.113. The molecule has 1 heterocycles. The van der Waals surface area contributed by atoms with E-state index in [1.54, 1.807) is 25.1 Å². The first-order valence-corrected chi connectivity index (χ1v) is 8.64. The maximum absolute atomic E-state index is 12.2. The SMILES string of the molecule is COc1ccc(Cl)cc1NC(=O)CSc1nc(N)c(C#N)c(C)c1C#N. The molecule has 0 saturated heterocycles. The molecule has 0 radical (unpaired) electrons. The maximum Gasteiger partial charge on any atom is 0.234 e. The fourth-order valence-corrected chi connectivity index (χ4v) is 3.19. The van der Waals surface area contributed by atoms with Gasteiger partial charge in [-0.05, 0) is 30.7 Å². The standard InChI is InChI=1S/C17H14ClN5O2S/c1-9-11(6-19)16(21)23-17(12(9)7-20)26-8-15(24)22-13-5-10(18)3-4-14(13)25-2/h3-5H,8H2,1-2H3,(H2,21,23)(H,22,24). The fraction of sp³-hybridized carbons (Fsp3) is 0.176. The van der Waals surface area contributed by atoms with Crippen LogP contribution in [0.4, 0.5) is 11.5 Å². The summed E-state index contributed by atoms with van der Waals surface area (Å²) in [7, 11) is 1.49. The van der Waals surface area contributed by atoms with Crippen LogP contribution in [0.2, 0.25) is 5.02 Å². The van der Waals surface area contributed by atoms with Crippen molar-refractivity contribution in [2.24, 2.45) is 0 Å². The van der Waals surface area contributed by atoms with Gasteiger partial charge in [-0.1, -0.05) is 23.4 Å². The van der Waals surface area contributed by atoms with E-state index in [9.17, 15) is 10.1 Å². The molecule has 1 amide bonds. The van der Waals surface area contributed by atoms with Crippen molar-refractivity contribution in [3.8, 4) is 17.9 Å². The largest absolute Gasteiger partial charge is 0.495 e. The Balaban J connectivity index is 2.17. The number of amides is 1. The summed E-state index contributed by atoms with van der Waals surface area (Å²) in [6, 6.07) is 8.80. The van der Waals surface area contributed by atoms with Gasteiger partial charge in [-0.25, -0.2) is 4.98 Å². The summed E-state index contributed by atoms with van der Waals surface area (Å²) in [6.07, 6.45) is 0. The number of hydrogen-bond acceptors (Lipinski definition) is 7. The van der Waals surface area contributed by atoms with E-state index in [-0.39, 0.29) is 28.6 Å². The zero-order valence-electron chi connectivity index (χ0n) is 14.0. The Labute approximate surface area is 159 Å². The van der Waals surface area contributed by atoms with Crippen LogP contribution in [0.1, 0.15) is 16.7 Å². The molecular weight excluding hydrogens is 374 g/mol. The van der Waals surface area contributed by atoms with Crippen molar-refractivity contribution in [3.05, 3.63) is 39.9 Å². The summed E-state index contributed by atoms with van der Waals surface area (Å²) in [5.41, 5.74) is 7.03. The van der Waals surface area contributed by atoms with Crippen LogP contribution in [0.3, 0.4) is 0 Å². The molecular formula is C17H14ClN5O2S. The van der Waals surface area contributed by atoms with Crippen LogP contribution >= 0.6 is 23.4 Å². The molecule has 132 valence electrons. The van der Waals surface area contributed by atoms with Gasteiger partial charge in [-0.3, -0.25) is 4.79 Å². The van der Waals surface area contributed by atoms with E-state index < -0.39 is 0 Å². The second kappa shape index (κ2) is 8.43. The Kier molecular flexibility index (Phi) is 6.29. The van der Waals surface area contributed by atoms with Crippen LogP contribution in [-0.2, 0) is 4.79 Å². The molecule has 2 rings (SSSR count). The van der Waals surface area contributed by atoms with Crippen LogP contribution in [0.25, 0.3) is 0 Å². The van der Waals surface area contributed by atoms with Gasteiger partial charge in [0.15, 0.2) is 0 Å². The van der Waals surface area contributed by atoms with Gasteiger partial charge in [-0.15, -0.1) is 0 Å². The molecule has 0 aliphatic rings. The van der Waals surface area contributed by atoms with E-state index in [1.807, 2.05) is 12.1 Å². The van der Waals surface area contributed by atoms with Crippen molar-refractivity contribution in [1.82, 2.24) is 4.98 Å². The van der Waals surface area contributed by atoms with Crippen LogP contribution in [0, 0.1) is 29.6 Å². The molecule has 1 aromatic heterocycles. The number of halogens is 1. The number of nitrogens with zero attached hydrogens (tertiary/aromatic N) is 3. The number of anilines is 2. The third kappa shape index (κ3) is 4.17. The molecule has 0 aliphatic carbocycles. The average Bonchev–Trinajstić information content (AvgIpc) is 2.60. The van der Waals surface area contributed by atoms with Gasteiger partial charge in [-0.2, -0.15) is 10.5 Å². The van der Waals surface area contributed by atoms with Crippen LogP contribution < -0.4 is 15.8 Å². The van der Waals surface area contributed by atoms with E-state index in [0.717, 1.165) is 11.8 Å². The Morgan fingerprint density at radius 1 is 1.38 bits per heavy atom. The Morgan fingerprint density at radius 3 is 2.69 bits per heavy atom. The molecule has 0 unspecified atom stereocenters. The molecule has 0 bridgehead atoms. The molecule has 0 saturated carbocycles. The number of methoxy groups -OCH3 is 1. The predicted octanol–water partition coefficient (Wildman–Crippen LogP) is 3.11. The number of hydrogen-bond donors (Lipinski definition) is 2. The second-order valence-electron chi connectivity index (χ2n) is 5.08. The number of nitriles is 2. The van der Waals surface area contributed by atoms with E-state index >= 15 is 0 Å². The molecule has 0 aliphatic heterocycles. The van der Waals surface area contributed by atoms with Crippen LogP contribution in [-0.4, -0.2) is 23.8 Å². The average molecular weight is 388 g/mol. The highest BCUT2D eigenvalue weighted by Gasteiger charge is 2.17. The molecule has 2 aromatic rings. The summed E-state index contributed by atoms with van der Waals surface area (Å²) < 4.78 is 5.17. The molecule has 1 aromatic carbocycles. The number of rotatable bonds is 5. The number of aromatic nitrogens is 1. The van der Waals surface area contributed by atoms with E-state index in [1.165, 1.54) is 7.11 Å². The Morgan fingerprint density at radius 2 is 2.08 bits per heavy atom. The van der Waals surface area contributed by atoms with Gasteiger partial charge in [0.25, 0.3) is 0 Å². The number of nitrogen functional groups attached to an aromatic ring is 1. The quantitative estimate of drug-likeness (QED) is 0.755. The highest BCUT2D eigenvalue weighted by molar-refractivity contribution is 8.00. The number of carbonyl (C=O) groups excluding carboxylic acids is 1. The minimum absolute atomic E-state index is 0.0118. The third-order valence-corrected chi connectivity index (χ3v) is 4.65. The normalized spacial score (nSPS) is 9.88. The lowest BCUT2D eigenvalue weighted by atomic mass is 10.1. The smallest absolute Gasteiger partial charge is 0.234 e. The monoisotopic (exact) mass is 387 g/mol. The maximum atomic E-state index is 12.2. The number of nitrogens with two attached hydrogens (primary N) is 1. The molecule has 3 N–H and O–H groups in total. The number of benzene rings is 1. The van der Waals surface area contributed by atoms with Crippen molar-refractivity contribution < 1.29 is 9.53 Å². The summed E-state index contributed by atoms with van der Waals surface area (Å²) >= 11 is 6.99.